The molecule has 0 saturated heterocycles. The van der Waals surface area contributed by atoms with E-state index in [-0.39, 0.29) is 10.9 Å². The molecule has 152 valence electrons. The van der Waals surface area contributed by atoms with Crippen molar-refractivity contribution in [1.29, 1.82) is 0 Å². The summed E-state index contributed by atoms with van der Waals surface area (Å²) in [7, 11) is -2.35. The van der Waals surface area contributed by atoms with E-state index >= 15 is 0 Å². The first-order valence-corrected chi connectivity index (χ1v) is 11.0. The number of methoxy groups -OCH3 is 1. The number of ether oxygens (including phenoxy) is 1. The minimum Gasteiger partial charge on any atom is -0.480 e. The van der Waals surface area contributed by atoms with Gasteiger partial charge >= 0.3 is 0 Å². The van der Waals surface area contributed by atoms with E-state index in [0.29, 0.717) is 22.8 Å². The van der Waals surface area contributed by atoms with Crippen molar-refractivity contribution in [3.63, 3.8) is 0 Å². The standard InChI is InChI=1S/C22H20N4O3S/c1-29-22-13-24-19(12-25-22)21-11-17-15-7-9-18(23)16(15)8-10-20(17)26(21)30(27,28)14-5-3-2-4-6-14/h2-6,8,10-13,18H,7,9,23H2,1H3. The number of aromatic nitrogens is 3. The van der Waals surface area contributed by atoms with Crippen LogP contribution in [0.25, 0.3) is 22.3 Å². The number of nitrogens with zero attached hydrogens (tertiary/aromatic N) is 3. The Hall–Kier alpha value is -3.23. The number of fused-ring (bicyclic) bond motifs is 3. The molecule has 1 unspecified atom stereocenters. The van der Waals surface area contributed by atoms with Crippen LogP contribution in [0.1, 0.15) is 23.6 Å². The van der Waals surface area contributed by atoms with E-state index in [0.717, 1.165) is 29.4 Å². The van der Waals surface area contributed by atoms with Crippen molar-refractivity contribution in [2.75, 3.05) is 7.11 Å². The maximum absolute atomic E-state index is 13.7. The van der Waals surface area contributed by atoms with Crippen molar-refractivity contribution in [3.8, 4) is 17.3 Å². The Morgan fingerprint density at radius 2 is 1.90 bits per heavy atom. The monoisotopic (exact) mass is 420 g/mol. The highest BCUT2D eigenvalue weighted by Crippen LogP contribution is 2.39. The van der Waals surface area contributed by atoms with E-state index in [1.165, 1.54) is 23.5 Å². The van der Waals surface area contributed by atoms with Gasteiger partial charge in [-0.2, -0.15) is 0 Å². The van der Waals surface area contributed by atoms with Gasteiger partial charge in [0.2, 0.25) is 5.88 Å². The maximum atomic E-state index is 13.7. The summed E-state index contributed by atoms with van der Waals surface area (Å²) in [5, 5.41) is 0.882. The van der Waals surface area contributed by atoms with Crippen LogP contribution in [0, 0.1) is 0 Å². The van der Waals surface area contributed by atoms with Crippen molar-refractivity contribution in [3.05, 3.63) is 72.1 Å². The molecule has 5 rings (SSSR count). The quantitative estimate of drug-likeness (QED) is 0.544. The third-order valence-electron chi connectivity index (χ3n) is 5.57. The van der Waals surface area contributed by atoms with Gasteiger partial charge in [0, 0.05) is 11.4 Å². The molecule has 7 nitrogen and oxygen atoms in total. The van der Waals surface area contributed by atoms with Gasteiger partial charge in [0.15, 0.2) is 0 Å². The second kappa shape index (κ2) is 6.93. The number of hydrogen-bond acceptors (Lipinski definition) is 6. The first-order valence-electron chi connectivity index (χ1n) is 9.60. The van der Waals surface area contributed by atoms with Gasteiger partial charge < -0.3 is 10.5 Å². The van der Waals surface area contributed by atoms with Gasteiger partial charge in [0.05, 0.1) is 35.6 Å². The normalized spacial score (nSPS) is 16.0. The lowest BCUT2D eigenvalue weighted by atomic mass is 10.0. The summed E-state index contributed by atoms with van der Waals surface area (Å²) in [6.45, 7) is 0. The van der Waals surface area contributed by atoms with Crippen LogP contribution in [0.5, 0.6) is 5.88 Å². The SMILES string of the molecule is COc1cnc(-c2cc3c4c(ccc3n2S(=O)(=O)c2ccccc2)C(N)CC4)cn1. The summed E-state index contributed by atoms with van der Waals surface area (Å²) in [4.78, 5) is 8.82. The summed E-state index contributed by atoms with van der Waals surface area (Å²) in [5.74, 6) is 0.360. The van der Waals surface area contributed by atoms with Crippen molar-refractivity contribution >= 4 is 20.9 Å². The highest BCUT2D eigenvalue weighted by molar-refractivity contribution is 7.90. The number of rotatable bonds is 4. The molecule has 1 atom stereocenters. The fourth-order valence-electron chi connectivity index (χ4n) is 4.10. The molecular formula is C22H20N4O3S. The number of hydrogen-bond donors (Lipinski definition) is 1. The zero-order chi connectivity index (χ0) is 20.9. The minimum atomic E-state index is -3.86. The molecule has 1 aliphatic rings. The highest BCUT2D eigenvalue weighted by Gasteiger charge is 2.28. The predicted octanol–water partition coefficient (Wildman–Crippen LogP) is 3.29. The first-order chi connectivity index (χ1) is 14.5. The summed E-state index contributed by atoms with van der Waals surface area (Å²) >= 11 is 0. The van der Waals surface area contributed by atoms with E-state index in [9.17, 15) is 8.42 Å². The third kappa shape index (κ3) is 2.79. The minimum absolute atomic E-state index is 0.0253. The van der Waals surface area contributed by atoms with Gasteiger partial charge in [-0.05, 0) is 48.2 Å². The second-order valence-corrected chi connectivity index (χ2v) is 9.05. The van der Waals surface area contributed by atoms with E-state index in [4.69, 9.17) is 10.5 Å². The molecule has 8 heteroatoms. The molecular weight excluding hydrogens is 400 g/mol. The number of aryl methyl sites for hydroxylation is 1. The van der Waals surface area contributed by atoms with E-state index in [2.05, 4.69) is 9.97 Å². The average Bonchev–Trinajstić information content (AvgIpc) is 3.35. The predicted molar refractivity (Wildman–Crippen MR) is 114 cm³/mol. The fourth-order valence-corrected chi connectivity index (χ4v) is 5.64. The fraction of sp³-hybridized carbons (Fsp3) is 0.182. The molecule has 0 saturated carbocycles. The Kier molecular flexibility index (Phi) is 4.34. The van der Waals surface area contributed by atoms with Crippen LogP contribution in [0.3, 0.4) is 0 Å². The smallest absolute Gasteiger partial charge is 0.268 e. The molecule has 30 heavy (non-hydrogen) atoms. The molecule has 1 aliphatic carbocycles. The Labute approximate surface area is 174 Å². The molecule has 2 aromatic carbocycles. The van der Waals surface area contributed by atoms with Gasteiger partial charge in [0.25, 0.3) is 10.0 Å². The summed E-state index contributed by atoms with van der Waals surface area (Å²) in [5.41, 5.74) is 9.93. The van der Waals surface area contributed by atoms with Crippen molar-refractivity contribution < 1.29 is 13.2 Å². The van der Waals surface area contributed by atoms with Crippen LogP contribution in [-0.4, -0.2) is 29.5 Å². The largest absolute Gasteiger partial charge is 0.480 e. The molecule has 2 N–H and O–H groups in total. The summed E-state index contributed by atoms with van der Waals surface area (Å²) < 4.78 is 33.8. The summed E-state index contributed by atoms with van der Waals surface area (Å²) in [6.07, 6.45) is 4.67. The van der Waals surface area contributed by atoms with Gasteiger partial charge in [-0.15, -0.1) is 0 Å². The second-order valence-electron chi connectivity index (χ2n) is 7.27. The maximum Gasteiger partial charge on any atom is 0.268 e. The zero-order valence-corrected chi connectivity index (χ0v) is 17.1. The van der Waals surface area contributed by atoms with E-state index in [1.807, 2.05) is 18.2 Å². The Balaban J connectivity index is 1.83. The first kappa shape index (κ1) is 18.8. The van der Waals surface area contributed by atoms with Crippen molar-refractivity contribution in [2.24, 2.45) is 5.73 Å². The van der Waals surface area contributed by atoms with Gasteiger partial charge in [-0.25, -0.2) is 22.4 Å². The van der Waals surface area contributed by atoms with Crippen molar-refractivity contribution in [2.45, 2.75) is 23.8 Å². The molecule has 0 bridgehead atoms. The van der Waals surface area contributed by atoms with Crippen LogP contribution >= 0.6 is 0 Å². The summed E-state index contributed by atoms with van der Waals surface area (Å²) in [6, 6.07) is 14.0. The van der Waals surface area contributed by atoms with E-state index < -0.39 is 10.0 Å². The molecule has 0 radical (unpaired) electrons. The van der Waals surface area contributed by atoms with Crippen LogP contribution in [0.4, 0.5) is 0 Å². The molecule has 2 heterocycles. The molecule has 0 spiro atoms. The van der Waals surface area contributed by atoms with Crippen LogP contribution in [0.15, 0.2) is 65.8 Å². The number of nitrogens with two attached hydrogens (primary N) is 1. The average molecular weight is 420 g/mol. The molecule has 4 aromatic rings. The van der Waals surface area contributed by atoms with Gasteiger partial charge in [0.1, 0.15) is 5.69 Å². The molecule has 0 amide bonds. The zero-order valence-electron chi connectivity index (χ0n) is 16.3. The van der Waals surface area contributed by atoms with Crippen LogP contribution in [0.2, 0.25) is 0 Å². The van der Waals surface area contributed by atoms with Crippen LogP contribution < -0.4 is 10.5 Å². The van der Waals surface area contributed by atoms with Crippen molar-refractivity contribution in [1.82, 2.24) is 13.9 Å². The Morgan fingerprint density at radius 3 is 2.60 bits per heavy atom. The van der Waals surface area contributed by atoms with Crippen LogP contribution in [-0.2, 0) is 16.4 Å². The Morgan fingerprint density at radius 1 is 1.10 bits per heavy atom. The van der Waals surface area contributed by atoms with Gasteiger partial charge in [-0.1, -0.05) is 24.3 Å². The molecule has 0 fully saturated rings. The molecule has 2 aromatic heterocycles. The Bertz CT molecular complexity index is 1350. The molecule has 0 aliphatic heterocycles. The van der Waals surface area contributed by atoms with E-state index in [1.54, 1.807) is 30.3 Å². The lowest BCUT2D eigenvalue weighted by molar-refractivity contribution is 0.396. The lowest BCUT2D eigenvalue weighted by Gasteiger charge is -2.12. The third-order valence-corrected chi connectivity index (χ3v) is 7.32. The van der Waals surface area contributed by atoms with Gasteiger partial charge in [-0.3, -0.25) is 0 Å². The lowest BCUT2D eigenvalue weighted by Crippen LogP contribution is -2.14. The number of benzene rings is 2. The highest BCUT2D eigenvalue weighted by atomic mass is 32.2. The topological polar surface area (TPSA) is 100 Å².